The van der Waals surface area contributed by atoms with Gasteiger partial charge in [-0.2, -0.15) is 4.31 Å². The zero-order valence-electron chi connectivity index (χ0n) is 14.1. The summed E-state index contributed by atoms with van der Waals surface area (Å²) in [6.07, 6.45) is 0. The van der Waals surface area contributed by atoms with Gasteiger partial charge in [0.15, 0.2) is 0 Å². The van der Waals surface area contributed by atoms with Crippen LogP contribution in [-0.4, -0.2) is 31.7 Å². The third kappa shape index (κ3) is 4.50. The minimum atomic E-state index is -3.67. The van der Waals surface area contributed by atoms with E-state index in [2.05, 4.69) is 5.32 Å². The van der Waals surface area contributed by atoms with Crippen LogP contribution in [0.3, 0.4) is 0 Å². The van der Waals surface area contributed by atoms with Gasteiger partial charge >= 0.3 is 0 Å². The van der Waals surface area contributed by atoms with Crippen LogP contribution in [-0.2, 0) is 10.0 Å². The van der Waals surface area contributed by atoms with E-state index in [0.29, 0.717) is 18.1 Å². The van der Waals surface area contributed by atoms with Crippen molar-refractivity contribution in [1.29, 1.82) is 0 Å². The molecule has 0 aliphatic carbocycles. The highest BCUT2D eigenvalue weighted by Gasteiger charge is 2.23. The normalized spacial score (nSPS) is 11.6. The van der Waals surface area contributed by atoms with E-state index in [1.165, 1.54) is 40.7 Å². The lowest BCUT2D eigenvalue weighted by Crippen LogP contribution is -2.30. The molecule has 9 heteroatoms. The molecule has 0 aliphatic rings. The molecule has 2 aromatic carbocycles. The molecule has 1 amide bonds. The van der Waals surface area contributed by atoms with Gasteiger partial charge in [-0.1, -0.05) is 48.7 Å². The largest absolute Gasteiger partial charge is 0.321 e. The molecule has 0 aromatic heterocycles. The van der Waals surface area contributed by atoms with Crippen molar-refractivity contribution in [3.63, 3.8) is 0 Å². The molecular formula is C17H17Cl3N2O3S. The van der Waals surface area contributed by atoms with Crippen LogP contribution in [0.1, 0.15) is 24.2 Å². The van der Waals surface area contributed by atoms with Gasteiger partial charge in [-0.15, -0.1) is 0 Å². The van der Waals surface area contributed by atoms with E-state index in [1.807, 2.05) is 0 Å². The fraction of sp³-hybridized carbons (Fsp3) is 0.235. The van der Waals surface area contributed by atoms with Crippen molar-refractivity contribution in [2.45, 2.75) is 18.7 Å². The summed E-state index contributed by atoms with van der Waals surface area (Å²) in [7, 11) is -3.67. The monoisotopic (exact) mass is 434 g/mol. The molecule has 0 atom stereocenters. The van der Waals surface area contributed by atoms with Crippen LogP contribution in [0.25, 0.3) is 0 Å². The van der Waals surface area contributed by atoms with Crippen molar-refractivity contribution in [3.05, 3.63) is 57.0 Å². The third-order valence-electron chi connectivity index (χ3n) is 3.71. The van der Waals surface area contributed by atoms with Crippen LogP contribution in [0, 0.1) is 0 Å². The average Bonchev–Trinajstić information content (AvgIpc) is 2.59. The van der Waals surface area contributed by atoms with Crippen molar-refractivity contribution in [2.24, 2.45) is 0 Å². The molecule has 2 aromatic rings. The molecule has 26 heavy (non-hydrogen) atoms. The maximum absolute atomic E-state index is 12.6. The van der Waals surface area contributed by atoms with Crippen LogP contribution >= 0.6 is 34.8 Å². The lowest BCUT2D eigenvalue weighted by atomic mass is 10.2. The first-order valence-corrected chi connectivity index (χ1v) is 10.3. The van der Waals surface area contributed by atoms with E-state index in [0.717, 1.165) is 0 Å². The molecule has 0 radical (unpaired) electrons. The minimum absolute atomic E-state index is 0.0510. The molecule has 0 heterocycles. The van der Waals surface area contributed by atoms with E-state index in [-0.39, 0.29) is 26.2 Å². The SMILES string of the molecule is CCN(CC)S(=O)(=O)c1ccc(Cl)c(NC(=O)c2ccc(Cl)c(Cl)c2)c1. The van der Waals surface area contributed by atoms with Crippen molar-refractivity contribution in [3.8, 4) is 0 Å². The number of carbonyl (C=O) groups excluding carboxylic acids is 1. The molecular weight excluding hydrogens is 419 g/mol. The van der Waals surface area contributed by atoms with E-state index >= 15 is 0 Å². The molecule has 0 saturated heterocycles. The second kappa shape index (κ2) is 8.59. The van der Waals surface area contributed by atoms with Crippen LogP contribution in [0.2, 0.25) is 15.1 Å². The average molecular weight is 436 g/mol. The van der Waals surface area contributed by atoms with Crippen molar-refractivity contribution in [1.82, 2.24) is 4.31 Å². The van der Waals surface area contributed by atoms with Crippen LogP contribution in [0.4, 0.5) is 5.69 Å². The second-order valence-corrected chi connectivity index (χ2v) is 8.47. The van der Waals surface area contributed by atoms with Crippen molar-refractivity contribution < 1.29 is 13.2 Å². The van der Waals surface area contributed by atoms with Gasteiger partial charge < -0.3 is 5.32 Å². The molecule has 0 saturated carbocycles. The van der Waals surface area contributed by atoms with Crippen molar-refractivity contribution in [2.75, 3.05) is 18.4 Å². The van der Waals surface area contributed by atoms with Crippen LogP contribution in [0.15, 0.2) is 41.3 Å². The summed E-state index contributed by atoms with van der Waals surface area (Å²) in [5.74, 6) is -0.483. The lowest BCUT2D eigenvalue weighted by Gasteiger charge is -2.19. The van der Waals surface area contributed by atoms with Gasteiger partial charge in [0, 0.05) is 18.7 Å². The van der Waals surface area contributed by atoms with Gasteiger partial charge in [0.05, 0.1) is 25.7 Å². The molecule has 5 nitrogen and oxygen atoms in total. The number of hydrogen-bond donors (Lipinski definition) is 1. The number of halogens is 3. The Morgan fingerprint density at radius 2 is 1.58 bits per heavy atom. The Morgan fingerprint density at radius 3 is 2.15 bits per heavy atom. The molecule has 0 aliphatic heterocycles. The molecule has 0 unspecified atom stereocenters. The lowest BCUT2D eigenvalue weighted by molar-refractivity contribution is 0.102. The predicted molar refractivity (Wildman–Crippen MR) is 106 cm³/mol. The number of hydrogen-bond acceptors (Lipinski definition) is 3. The Balaban J connectivity index is 2.35. The first kappa shape index (κ1) is 21.0. The summed E-state index contributed by atoms with van der Waals surface area (Å²) in [6.45, 7) is 4.19. The van der Waals surface area contributed by atoms with Crippen LogP contribution in [0.5, 0.6) is 0 Å². The third-order valence-corrected chi connectivity index (χ3v) is 6.83. The molecule has 0 fully saturated rings. The summed E-state index contributed by atoms with van der Waals surface area (Å²) in [4.78, 5) is 12.5. The highest BCUT2D eigenvalue weighted by atomic mass is 35.5. The van der Waals surface area contributed by atoms with E-state index in [4.69, 9.17) is 34.8 Å². The molecule has 140 valence electrons. The number of amides is 1. The van der Waals surface area contributed by atoms with Gasteiger partial charge in [0.2, 0.25) is 10.0 Å². The molecule has 2 rings (SSSR count). The summed E-state index contributed by atoms with van der Waals surface area (Å²) in [6, 6.07) is 8.61. The Labute approximate surface area is 167 Å². The Hall–Kier alpha value is -1.31. The summed E-state index contributed by atoms with van der Waals surface area (Å²) in [5.41, 5.74) is 0.462. The summed E-state index contributed by atoms with van der Waals surface area (Å²) in [5, 5.41) is 3.39. The quantitative estimate of drug-likeness (QED) is 0.699. The number of nitrogens with one attached hydrogen (secondary N) is 1. The van der Waals surface area contributed by atoms with Gasteiger partial charge in [0.25, 0.3) is 5.91 Å². The predicted octanol–water partition coefficient (Wildman–Crippen LogP) is 4.93. The molecule has 0 bridgehead atoms. The number of sulfonamides is 1. The fourth-order valence-corrected chi connectivity index (χ4v) is 4.25. The van der Waals surface area contributed by atoms with E-state index in [9.17, 15) is 13.2 Å². The van der Waals surface area contributed by atoms with Gasteiger partial charge in [0.1, 0.15) is 0 Å². The maximum Gasteiger partial charge on any atom is 0.255 e. The number of rotatable bonds is 6. The standard InChI is InChI=1S/C17H17Cl3N2O3S/c1-3-22(4-2)26(24,25)12-6-8-14(19)16(10-12)21-17(23)11-5-7-13(18)15(20)9-11/h5-10H,3-4H2,1-2H3,(H,21,23). The first-order chi connectivity index (χ1) is 12.2. The smallest absolute Gasteiger partial charge is 0.255 e. The molecule has 1 N–H and O–H groups in total. The summed E-state index contributed by atoms with van der Waals surface area (Å²) < 4.78 is 26.6. The Kier molecular flexibility index (Phi) is 6.93. The van der Waals surface area contributed by atoms with E-state index < -0.39 is 15.9 Å². The second-order valence-electron chi connectivity index (χ2n) is 5.31. The zero-order chi connectivity index (χ0) is 19.5. The highest BCUT2D eigenvalue weighted by Crippen LogP contribution is 2.28. The fourth-order valence-electron chi connectivity index (χ4n) is 2.31. The molecule has 0 spiro atoms. The first-order valence-electron chi connectivity index (χ1n) is 7.76. The van der Waals surface area contributed by atoms with Gasteiger partial charge in [-0.25, -0.2) is 8.42 Å². The number of nitrogens with zero attached hydrogens (tertiary/aromatic N) is 1. The maximum atomic E-state index is 12.6. The zero-order valence-corrected chi connectivity index (χ0v) is 17.2. The Bertz CT molecular complexity index is 929. The number of benzene rings is 2. The van der Waals surface area contributed by atoms with Crippen molar-refractivity contribution >= 4 is 56.4 Å². The van der Waals surface area contributed by atoms with Gasteiger partial charge in [-0.05, 0) is 36.4 Å². The number of carbonyl (C=O) groups is 1. The van der Waals surface area contributed by atoms with Crippen LogP contribution < -0.4 is 5.32 Å². The Morgan fingerprint density at radius 1 is 0.962 bits per heavy atom. The van der Waals surface area contributed by atoms with Gasteiger partial charge in [-0.3, -0.25) is 4.79 Å². The summed E-state index contributed by atoms with van der Waals surface area (Å²) >= 11 is 17.9. The van der Waals surface area contributed by atoms with E-state index in [1.54, 1.807) is 13.8 Å². The highest BCUT2D eigenvalue weighted by molar-refractivity contribution is 7.89. The minimum Gasteiger partial charge on any atom is -0.321 e. The topological polar surface area (TPSA) is 66.5 Å². The number of anilines is 1.